The fourth-order valence-electron chi connectivity index (χ4n) is 1.35. The summed E-state index contributed by atoms with van der Waals surface area (Å²) in [6, 6.07) is 7.79. The number of rotatable bonds is 4. The first kappa shape index (κ1) is 10.9. The van der Waals surface area contributed by atoms with Crippen LogP contribution in [0.2, 0.25) is 0 Å². The van der Waals surface area contributed by atoms with E-state index in [1.54, 1.807) is 0 Å². The lowest BCUT2D eigenvalue weighted by atomic mass is 10.1. The summed E-state index contributed by atoms with van der Waals surface area (Å²) in [5.74, 6) is 0. The van der Waals surface area contributed by atoms with E-state index in [1.807, 2.05) is 31.2 Å². The molecule has 0 aliphatic rings. The van der Waals surface area contributed by atoms with Crippen molar-refractivity contribution in [2.45, 2.75) is 13.3 Å². The SMILES string of the molecule is Cc1nnc(OCCc2ccccc2N)s1. The second-order valence-corrected chi connectivity index (χ2v) is 4.53. The lowest BCUT2D eigenvalue weighted by Crippen LogP contribution is -2.03. The fourth-order valence-corrected chi connectivity index (χ4v) is 1.91. The molecule has 0 aliphatic carbocycles. The van der Waals surface area contributed by atoms with E-state index in [0.29, 0.717) is 11.8 Å². The third-order valence-electron chi connectivity index (χ3n) is 2.16. The molecule has 0 saturated heterocycles. The minimum absolute atomic E-state index is 0.572. The number of anilines is 1. The molecule has 2 aromatic rings. The third kappa shape index (κ3) is 2.70. The van der Waals surface area contributed by atoms with Crippen LogP contribution in [0.4, 0.5) is 5.69 Å². The standard InChI is InChI=1S/C11H13N3OS/c1-8-13-14-11(16-8)15-7-6-9-4-2-3-5-10(9)12/h2-5H,6-7,12H2,1H3. The van der Waals surface area contributed by atoms with Gasteiger partial charge in [0.25, 0.3) is 5.19 Å². The molecule has 84 valence electrons. The molecule has 1 aromatic heterocycles. The summed E-state index contributed by atoms with van der Waals surface area (Å²) in [7, 11) is 0. The minimum Gasteiger partial charge on any atom is -0.469 e. The zero-order valence-electron chi connectivity index (χ0n) is 9.01. The largest absolute Gasteiger partial charge is 0.469 e. The van der Waals surface area contributed by atoms with Gasteiger partial charge < -0.3 is 10.5 Å². The van der Waals surface area contributed by atoms with Gasteiger partial charge in [-0.1, -0.05) is 29.5 Å². The van der Waals surface area contributed by atoms with Crippen molar-refractivity contribution in [2.75, 3.05) is 12.3 Å². The van der Waals surface area contributed by atoms with Crippen LogP contribution in [0.1, 0.15) is 10.6 Å². The van der Waals surface area contributed by atoms with E-state index in [-0.39, 0.29) is 0 Å². The highest BCUT2D eigenvalue weighted by Gasteiger charge is 2.02. The number of nitrogen functional groups attached to an aromatic ring is 1. The van der Waals surface area contributed by atoms with E-state index in [1.165, 1.54) is 11.3 Å². The van der Waals surface area contributed by atoms with Gasteiger partial charge in [0.05, 0.1) is 6.61 Å². The first-order valence-electron chi connectivity index (χ1n) is 5.02. The first-order chi connectivity index (χ1) is 7.75. The molecule has 0 bridgehead atoms. The molecule has 0 saturated carbocycles. The molecule has 0 atom stereocenters. The number of benzene rings is 1. The minimum atomic E-state index is 0.572. The molecule has 4 nitrogen and oxygen atoms in total. The van der Waals surface area contributed by atoms with Crippen molar-refractivity contribution < 1.29 is 4.74 Å². The van der Waals surface area contributed by atoms with E-state index in [9.17, 15) is 0 Å². The van der Waals surface area contributed by atoms with Crippen LogP contribution in [0.3, 0.4) is 0 Å². The Morgan fingerprint density at radius 2 is 2.12 bits per heavy atom. The van der Waals surface area contributed by atoms with Crippen molar-refractivity contribution in [2.24, 2.45) is 0 Å². The van der Waals surface area contributed by atoms with E-state index in [0.717, 1.165) is 22.7 Å². The van der Waals surface area contributed by atoms with Crippen LogP contribution in [0.5, 0.6) is 5.19 Å². The summed E-state index contributed by atoms with van der Waals surface area (Å²) in [5, 5.41) is 9.29. The van der Waals surface area contributed by atoms with Crippen molar-refractivity contribution in [1.29, 1.82) is 0 Å². The van der Waals surface area contributed by atoms with Gasteiger partial charge in [0.15, 0.2) is 0 Å². The fraction of sp³-hybridized carbons (Fsp3) is 0.273. The number of ether oxygens (including phenoxy) is 1. The van der Waals surface area contributed by atoms with Crippen molar-refractivity contribution in [3.05, 3.63) is 34.8 Å². The van der Waals surface area contributed by atoms with Crippen molar-refractivity contribution in [1.82, 2.24) is 10.2 Å². The van der Waals surface area contributed by atoms with Gasteiger partial charge in [-0.05, 0) is 18.6 Å². The molecule has 0 radical (unpaired) electrons. The second kappa shape index (κ2) is 4.94. The van der Waals surface area contributed by atoms with Gasteiger partial charge in [0, 0.05) is 12.1 Å². The van der Waals surface area contributed by atoms with Crippen LogP contribution in [0.15, 0.2) is 24.3 Å². The molecule has 0 aliphatic heterocycles. The maximum absolute atomic E-state index is 5.82. The van der Waals surface area contributed by atoms with Crippen LogP contribution in [0.25, 0.3) is 0 Å². The number of para-hydroxylation sites is 1. The number of aromatic nitrogens is 2. The van der Waals surface area contributed by atoms with E-state index in [2.05, 4.69) is 10.2 Å². The molecule has 0 spiro atoms. The van der Waals surface area contributed by atoms with Crippen LogP contribution >= 0.6 is 11.3 Å². The Hall–Kier alpha value is -1.62. The lowest BCUT2D eigenvalue weighted by molar-refractivity contribution is 0.317. The van der Waals surface area contributed by atoms with Crippen molar-refractivity contribution in [3.8, 4) is 5.19 Å². The lowest BCUT2D eigenvalue weighted by Gasteiger charge is -2.04. The Kier molecular flexibility index (Phi) is 3.36. The molecule has 16 heavy (non-hydrogen) atoms. The Morgan fingerprint density at radius 3 is 2.81 bits per heavy atom. The van der Waals surface area contributed by atoms with Gasteiger partial charge in [-0.3, -0.25) is 0 Å². The summed E-state index contributed by atoms with van der Waals surface area (Å²) >= 11 is 1.45. The zero-order valence-corrected chi connectivity index (χ0v) is 9.83. The molecule has 0 amide bonds. The predicted molar refractivity (Wildman–Crippen MR) is 64.7 cm³/mol. The van der Waals surface area contributed by atoms with E-state index < -0.39 is 0 Å². The first-order valence-corrected chi connectivity index (χ1v) is 5.83. The van der Waals surface area contributed by atoms with Crippen molar-refractivity contribution in [3.63, 3.8) is 0 Å². The number of nitrogens with two attached hydrogens (primary N) is 1. The Labute approximate surface area is 98.1 Å². The summed E-state index contributed by atoms with van der Waals surface area (Å²) in [6.07, 6.45) is 0.783. The molecular weight excluding hydrogens is 222 g/mol. The maximum Gasteiger partial charge on any atom is 0.294 e. The molecule has 1 heterocycles. The molecular formula is C11H13N3OS. The van der Waals surface area contributed by atoms with Gasteiger partial charge in [0.2, 0.25) is 0 Å². The predicted octanol–water partition coefficient (Wildman–Crippen LogP) is 2.05. The Balaban J connectivity index is 1.87. The van der Waals surface area contributed by atoms with Crippen LogP contribution < -0.4 is 10.5 Å². The number of aryl methyl sites for hydroxylation is 1. The van der Waals surface area contributed by atoms with E-state index in [4.69, 9.17) is 10.5 Å². The van der Waals surface area contributed by atoms with Gasteiger partial charge in [0.1, 0.15) is 5.01 Å². The third-order valence-corrected chi connectivity index (χ3v) is 2.91. The van der Waals surface area contributed by atoms with Crippen LogP contribution in [0, 0.1) is 6.92 Å². The quantitative estimate of drug-likeness (QED) is 0.824. The van der Waals surface area contributed by atoms with Gasteiger partial charge in [-0.25, -0.2) is 0 Å². The van der Waals surface area contributed by atoms with Crippen LogP contribution in [-0.2, 0) is 6.42 Å². The molecule has 2 rings (SSSR count). The van der Waals surface area contributed by atoms with Gasteiger partial charge >= 0.3 is 0 Å². The average molecular weight is 235 g/mol. The number of hydrogen-bond acceptors (Lipinski definition) is 5. The smallest absolute Gasteiger partial charge is 0.294 e. The summed E-state index contributed by atoms with van der Waals surface area (Å²) < 4.78 is 5.48. The average Bonchev–Trinajstić information content (AvgIpc) is 2.67. The monoisotopic (exact) mass is 235 g/mol. The Morgan fingerprint density at radius 1 is 1.31 bits per heavy atom. The maximum atomic E-state index is 5.82. The highest BCUT2D eigenvalue weighted by Crippen LogP contribution is 2.17. The molecule has 2 N–H and O–H groups in total. The molecule has 0 unspecified atom stereocenters. The van der Waals surface area contributed by atoms with E-state index >= 15 is 0 Å². The van der Waals surface area contributed by atoms with Gasteiger partial charge in [-0.2, -0.15) is 0 Å². The normalized spacial score (nSPS) is 10.3. The summed E-state index contributed by atoms with van der Waals surface area (Å²) in [4.78, 5) is 0. The van der Waals surface area contributed by atoms with Crippen molar-refractivity contribution >= 4 is 17.0 Å². The summed E-state index contributed by atoms with van der Waals surface area (Å²) in [5.41, 5.74) is 7.73. The van der Waals surface area contributed by atoms with Crippen LogP contribution in [-0.4, -0.2) is 16.8 Å². The number of nitrogens with zero attached hydrogens (tertiary/aromatic N) is 2. The Bertz CT molecular complexity index is 470. The molecule has 5 heteroatoms. The second-order valence-electron chi connectivity index (χ2n) is 3.38. The summed E-state index contributed by atoms with van der Waals surface area (Å²) in [6.45, 7) is 2.47. The molecule has 1 aromatic carbocycles. The topological polar surface area (TPSA) is 61.0 Å². The number of hydrogen-bond donors (Lipinski definition) is 1. The zero-order chi connectivity index (χ0) is 11.4. The van der Waals surface area contributed by atoms with Gasteiger partial charge in [-0.15, -0.1) is 10.2 Å². The highest BCUT2D eigenvalue weighted by atomic mass is 32.1. The highest BCUT2D eigenvalue weighted by molar-refractivity contribution is 7.12. The molecule has 0 fully saturated rings.